The van der Waals surface area contributed by atoms with Crippen LogP contribution in [0.5, 0.6) is 0 Å². The van der Waals surface area contributed by atoms with Crippen LogP contribution in [0.3, 0.4) is 0 Å². The molecule has 3 nitrogen and oxygen atoms in total. The molecule has 0 bridgehead atoms. The molecule has 26 heavy (non-hydrogen) atoms. The predicted molar refractivity (Wildman–Crippen MR) is 108 cm³/mol. The topological polar surface area (TPSA) is 31.2 Å². The zero-order valence-corrected chi connectivity index (χ0v) is 15.5. The lowest BCUT2D eigenvalue weighted by atomic mass is 10.2. The van der Waals surface area contributed by atoms with Gasteiger partial charge < -0.3 is 13.9 Å². The molecule has 1 aromatic heterocycles. The predicted octanol–water partition coefficient (Wildman–Crippen LogP) is 3.88. The number of fused-ring (bicyclic) bond motifs is 1. The molecule has 4 rings (SSSR count). The van der Waals surface area contributed by atoms with Gasteiger partial charge >= 0.3 is 0 Å². The van der Waals surface area contributed by atoms with Crippen molar-refractivity contribution in [3.63, 3.8) is 0 Å². The van der Waals surface area contributed by atoms with Gasteiger partial charge in [0.1, 0.15) is 6.73 Å². The third-order valence-electron chi connectivity index (χ3n) is 4.61. The second-order valence-electron chi connectivity index (χ2n) is 6.20. The molecule has 0 aliphatic rings. The molecule has 0 radical (unpaired) electrons. The van der Waals surface area contributed by atoms with E-state index in [1.807, 2.05) is 95.7 Å². The van der Waals surface area contributed by atoms with Crippen molar-refractivity contribution in [2.75, 3.05) is 7.11 Å². The van der Waals surface area contributed by atoms with Gasteiger partial charge in [0.05, 0.1) is 5.52 Å². The summed E-state index contributed by atoms with van der Waals surface area (Å²) in [6.07, 6.45) is 1.98. The molecule has 0 N–H and O–H groups in total. The molecular formula is C22H20NO2P. The lowest BCUT2D eigenvalue weighted by Crippen LogP contribution is -2.24. The number of rotatable bonds is 5. The lowest BCUT2D eigenvalue weighted by Gasteiger charge is -2.19. The Morgan fingerprint density at radius 1 is 0.808 bits per heavy atom. The molecule has 0 fully saturated rings. The number of hydrogen-bond donors (Lipinski definition) is 0. The second kappa shape index (κ2) is 6.95. The highest BCUT2D eigenvalue weighted by Crippen LogP contribution is 2.44. The summed E-state index contributed by atoms with van der Waals surface area (Å²) in [4.78, 5) is 0. The highest BCUT2D eigenvalue weighted by Gasteiger charge is 2.32. The van der Waals surface area contributed by atoms with Crippen LogP contribution in [-0.2, 0) is 16.0 Å². The molecule has 0 unspecified atom stereocenters. The van der Waals surface area contributed by atoms with Crippen molar-refractivity contribution >= 4 is 34.0 Å². The lowest BCUT2D eigenvalue weighted by molar-refractivity contribution is 0.135. The van der Waals surface area contributed by atoms with Gasteiger partial charge in [0.2, 0.25) is 0 Å². The standard InChI is InChI=1S/C22H20NO2P/c1-25-17-23-16-22(20-14-8-9-15-21(20)23)26(24,18-10-4-2-5-11-18)19-12-6-3-7-13-19/h2-16H,17H2,1H3. The Labute approximate surface area is 153 Å². The zero-order chi connectivity index (χ0) is 18.0. The van der Waals surface area contributed by atoms with E-state index in [4.69, 9.17) is 4.74 Å². The minimum Gasteiger partial charge on any atom is -0.364 e. The monoisotopic (exact) mass is 361 g/mol. The molecule has 130 valence electrons. The van der Waals surface area contributed by atoms with Crippen molar-refractivity contribution in [3.8, 4) is 0 Å². The third-order valence-corrected chi connectivity index (χ3v) is 7.70. The van der Waals surface area contributed by atoms with E-state index in [0.29, 0.717) is 6.73 Å². The van der Waals surface area contributed by atoms with Gasteiger partial charge in [0.25, 0.3) is 0 Å². The van der Waals surface area contributed by atoms with Crippen molar-refractivity contribution in [1.82, 2.24) is 4.57 Å². The smallest absolute Gasteiger partial charge is 0.173 e. The molecule has 1 heterocycles. The maximum absolute atomic E-state index is 14.6. The molecule has 0 aliphatic heterocycles. The van der Waals surface area contributed by atoms with Crippen molar-refractivity contribution in [2.24, 2.45) is 0 Å². The molecule has 0 aliphatic carbocycles. The van der Waals surface area contributed by atoms with Crippen LogP contribution < -0.4 is 15.9 Å². The molecule has 0 atom stereocenters. The summed E-state index contributed by atoms with van der Waals surface area (Å²) >= 11 is 0. The van der Waals surface area contributed by atoms with Gasteiger partial charge in [0, 0.05) is 34.6 Å². The summed E-state index contributed by atoms with van der Waals surface area (Å²) in [6.45, 7) is 0.421. The van der Waals surface area contributed by atoms with Gasteiger partial charge in [-0.2, -0.15) is 0 Å². The van der Waals surface area contributed by atoms with Gasteiger partial charge in [-0.1, -0.05) is 78.9 Å². The molecule has 4 heteroatoms. The van der Waals surface area contributed by atoms with E-state index in [0.717, 1.165) is 26.8 Å². The van der Waals surface area contributed by atoms with Gasteiger partial charge in [-0.15, -0.1) is 0 Å². The number of aromatic nitrogens is 1. The number of benzene rings is 3. The van der Waals surface area contributed by atoms with E-state index < -0.39 is 7.14 Å². The first kappa shape index (κ1) is 16.8. The van der Waals surface area contributed by atoms with Crippen LogP contribution in [0.1, 0.15) is 0 Å². The van der Waals surface area contributed by atoms with Crippen LogP contribution in [0.25, 0.3) is 10.9 Å². The van der Waals surface area contributed by atoms with Gasteiger partial charge in [-0.25, -0.2) is 0 Å². The molecule has 0 saturated carbocycles. The summed E-state index contributed by atoms with van der Waals surface area (Å²) in [5, 5.41) is 3.53. The quantitative estimate of drug-likeness (QED) is 0.505. The second-order valence-corrected chi connectivity index (χ2v) is 8.93. The minimum absolute atomic E-state index is 0.421. The van der Waals surface area contributed by atoms with Gasteiger partial charge in [-0.3, -0.25) is 0 Å². The number of para-hydroxylation sites is 1. The van der Waals surface area contributed by atoms with E-state index in [1.54, 1.807) is 7.11 Å². The average molecular weight is 361 g/mol. The fourth-order valence-electron chi connectivity index (χ4n) is 3.43. The van der Waals surface area contributed by atoms with E-state index in [1.165, 1.54) is 0 Å². The molecule has 0 spiro atoms. The molecule has 0 saturated heterocycles. The first-order valence-electron chi connectivity index (χ1n) is 8.54. The Bertz CT molecular complexity index is 1030. The van der Waals surface area contributed by atoms with Gasteiger partial charge in [-0.05, 0) is 6.07 Å². The Morgan fingerprint density at radius 3 is 1.92 bits per heavy atom. The van der Waals surface area contributed by atoms with Crippen LogP contribution in [0, 0.1) is 0 Å². The maximum atomic E-state index is 14.6. The van der Waals surface area contributed by atoms with Crippen LogP contribution in [0.4, 0.5) is 0 Å². The molecular weight excluding hydrogens is 341 g/mol. The first-order chi connectivity index (χ1) is 12.7. The summed E-state index contributed by atoms with van der Waals surface area (Å²) in [7, 11) is -1.33. The highest BCUT2D eigenvalue weighted by molar-refractivity contribution is 7.85. The van der Waals surface area contributed by atoms with Crippen molar-refractivity contribution in [2.45, 2.75) is 6.73 Å². The summed E-state index contributed by atoms with van der Waals surface area (Å²) in [6, 6.07) is 27.6. The average Bonchev–Trinajstić information content (AvgIpc) is 3.08. The molecule has 4 aromatic rings. The van der Waals surface area contributed by atoms with E-state index >= 15 is 0 Å². The SMILES string of the molecule is COCn1cc(P(=O)(c2ccccc2)c2ccccc2)c2ccccc21. The number of nitrogens with zero attached hydrogens (tertiary/aromatic N) is 1. The fourth-order valence-corrected chi connectivity index (χ4v) is 6.30. The zero-order valence-electron chi connectivity index (χ0n) is 14.6. The summed E-state index contributed by atoms with van der Waals surface area (Å²) in [5.74, 6) is 0. The Hall–Kier alpha value is -2.61. The third kappa shape index (κ3) is 2.70. The Morgan fingerprint density at radius 2 is 1.35 bits per heavy atom. The number of methoxy groups -OCH3 is 1. The highest BCUT2D eigenvalue weighted by atomic mass is 31.2. The van der Waals surface area contributed by atoms with E-state index in [9.17, 15) is 4.57 Å². The number of ether oxygens (including phenoxy) is 1. The van der Waals surface area contributed by atoms with Crippen molar-refractivity contribution in [1.29, 1.82) is 0 Å². The molecule has 0 amide bonds. The number of hydrogen-bond acceptors (Lipinski definition) is 2. The first-order valence-corrected chi connectivity index (χ1v) is 10.2. The summed E-state index contributed by atoms with van der Waals surface area (Å²) < 4.78 is 22.0. The van der Waals surface area contributed by atoms with Crippen molar-refractivity contribution in [3.05, 3.63) is 91.1 Å². The summed E-state index contributed by atoms with van der Waals surface area (Å²) in [5.41, 5.74) is 1.02. The normalized spacial score (nSPS) is 11.7. The molecule has 3 aromatic carbocycles. The largest absolute Gasteiger partial charge is 0.364 e. The van der Waals surface area contributed by atoms with Crippen LogP contribution >= 0.6 is 7.14 Å². The van der Waals surface area contributed by atoms with Crippen molar-refractivity contribution < 1.29 is 9.30 Å². The van der Waals surface area contributed by atoms with Crippen LogP contribution in [0.2, 0.25) is 0 Å². The maximum Gasteiger partial charge on any atom is 0.173 e. The Balaban J connectivity index is 2.06. The van der Waals surface area contributed by atoms with Gasteiger partial charge in [0.15, 0.2) is 7.14 Å². The minimum atomic E-state index is -3.00. The Kier molecular flexibility index (Phi) is 4.50. The fraction of sp³-hybridized carbons (Fsp3) is 0.0909. The van der Waals surface area contributed by atoms with Crippen LogP contribution in [-0.4, -0.2) is 11.7 Å². The van der Waals surface area contributed by atoms with E-state index in [2.05, 4.69) is 0 Å². The van der Waals surface area contributed by atoms with Crippen LogP contribution in [0.15, 0.2) is 91.1 Å². The van der Waals surface area contributed by atoms with E-state index in [-0.39, 0.29) is 0 Å².